The zero-order valence-electron chi connectivity index (χ0n) is 18.8. The highest BCUT2D eigenvalue weighted by molar-refractivity contribution is 6.00. The number of aromatic nitrogens is 4. The Morgan fingerprint density at radius 2 is 2.03 bits per heavy atom. The third kappa shape index (κ3) is 4.63. The molecule has 4 aromatic rings. The average Bonchev–Trinajstić information content (AvgIpc) is 3.43. The van der Waals surface area contributed by atoms with Crippen molar-refractivity contribution in [2.75, 3.05) is 0 Å². The van der Waals surface area contributed by atoms with Gasteiger partial charge in [-0.2, -0.15) is 5.10 Å². The zero-order valence-corrected chi connectivity index (χ0v) is 18.8. The quantitative estimate of drug-likeness (QED) is 0.307. The number of carbonyl (C=O) groups excluding carboxylic acids is 3. The molecule has 12 heteroatoms. The monoisotopic (exact) mass is 477 g/mol. The Hall–Kier alpha value is -4.48. The number of carbonyl (C=O) groups is 3. The molecule has 0 aliphatic heterocycles. The van der Waals surface area contributed by atoms with E-state index >= 15 is 0 Å². The zero-order chi connectivity index (χ0) is 24.5. The maximum Gasteiger partial charge on any atom is 0.417 e. The fourth-order valence-electron chi connectivity index (χ4n) is 3.79. The maximum atomic E-state index is 13.0. The summed E-state index contributed by atoms with van der Waals surface area (Å²) in [6.07, 6.45) is 4.44. The Morgan fingerprint density at radius 1 is 1.20 bits per heavy atom. The number of hydrogen-bond donors (Lipinski definition) is 4. The molecule has 1 fully saturated rings. The van der Waals surface area contributed by atoms with Crippen molar-refractivity contribution in [1.82, 2.24) is 35.5 Å². The van der Waals surface area contributed by atoms with Crippen molar-refractivity contribution in [3.05, 3.63) is 64.0 Å². The van der Waals surface area contributed by atoms with E-state index in [0.29, 0.717) is 16.7 Å². The van der Waals surface area contributed by atoms with Crippen molar-refractivity contribution < 1.29 is 18.8 Å². The summed E-state index contributed by atoms with van der Waals surface area (Å²) in [5, 5.41) is 12.4. The van der Waals surface area contributed by atoms with Crippen LogP contribution >= 0.6 is 0 Å². The van der Waals surface area contributed by atoms with Crippen molar-refractivity contribution in [1.29, 1.82) is 0 Å². The molecule has 0 unspecified atom stereocenters. The Kier molecular flexibility index (Phi) is 5.77. The molecule has 1 atom stereocenters. The number of aromatic amines is 1. The van der Waals surface area contributed by atoms with Crippen molar-refractivity contribution >= 4 is 34.5 Å². The van der Waals surface area contributed by atoms with Crippen LogP contribution in [0.3, 0.4) is 0 Å². The van der Waals surface area contributed by atoms with Crippen LogP contribution in [0.5, 0.6) is 0 Å². The fraction of sp³-hybridized carbons (Fsp3) is 0.304. The molecule has 1 aromatic carbocycles. The predicted molar refractivity (Wildman–Crippen MR) is 124 cm³/mol. The van der Waals surface area contributed by atoms with Crippen LogP contribution in [0.15, 0.2) is 45.7 Å². The Balaban J connectivity index is 1.30. The van der Waals surface area contributed by atoms with Crippen LogP contribution in [0.4, 0.5) is 0 Å². The molecule has 3 heterocycles. The minimum atomic E-state index is -0.761. The molecule has 12 nitrogen and oxygen atoms in total. The first-order valence-corrected chi connectivity index (χ1v) is 11.2. The van der Waals surface area contributed by atoms with Crippen LogP contribution in [0, 0.1) is 0 Å². The highest BCUT2D eigenvalue weighted by atomic mass is 16.4. The summed E-state index contributed by atoms with van der Waals surface area (Å²) in [5.41, 5.74) is 2.09. The molecule has 5 rings (SSSR count). The average molecular weight is 477 g/mol. The number of H-pyrrole nitrogens is 1. The molecule has 0 radical (unpaired) electrons. The molecule has 4 N–H and O–H groups in total. The fourth-order valence-corrected chi connectivity index (χ4v) is 3.79. The van der Waals surface area contributed by atoms with Gasteiger partial charge in [0.1, 0.15) is 17.4 Å². The van der Waals surface area contributed by atoms with Crippen molar-refractivity contribution in [3.8, 4) is 0 Å². The largest absolute Gasteiger partial charge is 0.417 e. The molecule has 3 aromatic heterocycles. The van der Waals surface area contributed by atoms with Crippen LogP contribution in [-0.2, 0) is 11.3 Å². The van der Waals surface area contributed by atoms with Crippen LogP contribution in [0.2, 0.25) is 0 Å². The van der Waals surface area contributed by atoms with Gasteiger partial charge in [-0.25, -0.2) is 14.3 Å². The van der Waals surface area contributed by atoms with E-state index in [4.69, 9.17) is 4.42 Å². The number of hydrogen-bond acceptors (Lipinski definition) is 7. The van der Waals surface area contributed by atoms with E-state index in [2.05, 4.69) is 31.0 Å². The Morgan fingerprint density at radius 3 is 2.80 bits per heavy atom. The molecule has 1 saturated carbocycles. The minimum Gasteiger partial charge on any atom is -0.408 e. The van der Waals surface area contributed by atoms with Gasteiger partial charge >= 0.3 is 5.76 Å². The molecule has 0 spiro atoms. The van der Waals surface area contributed by atoms with Gasteiger partial charge in [0, 0.05) is 24.7 Å². The van der Waals surface area contributed by atoms with Crippen LogP contribution in [-0.4, -0.2) is 49.4 Å². The first-order valence-electron chi connectivity index (χ1n) is 11.2. The van der Waals surface area contributed by atoms with Gasteiger partial charge in [0.05, 0.1) is 11.7 Å². The molecular weight excluding hydrogens is 454 g/mol. The van der Waals surface area contributed by atoms with Crippen LogP contribution in [0.25, 0.3) is 16.7 Å². The molecule has 1 aliphatic carbocycles. The summed E-state index contributed by atoms with van der Waals surface area (Å²) in [7, 11) is 0. The van der Waals surface area contributed by atoms with Gasteiger partial charge in [-0.05, 0) is 43.9 Å². The van der Waals surface area contributed by atoms with Crippen LogP contribution < -0.4 is 21.7 Å². The summed E-state index contributed by atoms with van der Waals surface area (Å²) in [4.78, 5) is 56.3. The van der Waals surface area contributed by atoms with E-state index in [-0.39, 0.29) is 29.9 Å². The van der Waals surface area contributed by atoms with Gasteiger partial charge in [0.2, 0.25) is 5.91 Å². The number of benzene rings is 1. The summed E-state index contributed by atoms with van der Waals surface area (Å²) in [5.74, 6) is -1.87. The van der Waals surface area contributed by atoms with Gasteiger partial charge in [0.25, 0.3) is 11.8 Å². The first-order chi connectivity index (χ1) is 16.9. The summed E-state index contributed by atoms with van der Waals surface area (Å²) >= 11 is 0. The molecule has 1 aliphatic rings. The number of fused-ring (bicyclic) bond motifs is 2. The van der Waals surface area contributed by atoms with Gasteiger partial charge in [0.15, 0.2) is 11.2 Å². The standard InChI is InChI=1S/C23H23N7O5/c1-12(20(31)27-14-3-2-4-14)26-22(33)17-10-16(28-19-7-8-25-30(17)19)21(32)24-11-13-5-6-18-15(9-13)29-23(34)35-18/h5-10,12,14H,2-4,11H2,1H3,(H,24,32)(H,26,33)(H,27,31)(H,29,34)/t12-/m0/s1. The highest BCUT2D eigenvalue weighted by Gasteiger charge is 2.25. The normalized spacial score (nSPS) is 14.4. The lowest BCUT2D eigenvalue weighted by Gasteiger charge is -2.28. The highest BCUT2D eigenvalue weighted by Crippen LogP contribution is 2.18. The number of amides is 3. The maximum absolute atomic E-state index is 13.0. The SMILES string of the molecule is C[C@H](NC(=O)c1cc(C(=O)NCc2ccc3oc(=O)[nH]c3c2)nc2ccnn12)C(=O)NC1CCC1. The van der Waals surface area contributed by atoms with Crippen molar-refractivity contribution in [2.45, 2.75) is 44.8 Å². The molecule has 0 saturated heterocycles. The first kappa shape index (κ1) is 22.3. The van der Waals surface area contributed by atoms with Gasteiger partial charge in [-0.15, -0.1) is 0 Å². The van der Waals surface area contributed by atoms with E-state index < -0.39 is 23.6 Å². The van der Waals surface area contributed by atoms with Crippen molar-refractivity contribution in [3.63, 3.8) is 0 Å². The summed E-state index contributed by atoms with van der Waals surface area (Å²) in [6.45, 7) is 1.76. The Bertz CT molecular complexity index is 1500. The summed E-state index contributed by atoms with van der Waals surface area (Å²) < 4.78 is 6.29. The second kappa shape index (κ2) is 9.05. The van der Waals surface area contributed by atoms with Gasteiger partial charge < -0.3 is 20.4 Å². The summed E-state index contributed by atoms with van der Waals surface area (Å²) in [6, 6.07) is 7.36. The molecule has 35 heavy (non-hydrogen) atoms. The number of nitrogens with zero attached hydrogens (tertiary/aromatic N) is 3. The second-order valence-electron chi connectivity index (χ2n) is 8.49. The van der Waals surface area contributed by atoms with Gasteiger partial charge in [-0.1, -0.05) is 6.07 Å². The van der Waals surface area contributed by atoms with E-state index in [9.17, 15) is 19.2 Å². The molecule has 0 bridgehead atoms. The van der Waals surface area contributed by atoms with E-state index in [1.165, 1.54) is 16.8 Å². The smallest absolute Gasteiger partial charge is 0.408 e. The lowest BCUT2D eigenvalue weighted by molar-refractivity contribution is -0.123. The third-order valence-electron chi connectivity index (χ3n) is 5.95. The van der Waals surface area contributed by atoms with Crippen molar-refractivity contribution in [2.24, 2.45) is 0 Å². The molecule has 180 valence electrons. The van der Waals surface area contributed by atoms with E-state index in [0.717, 1.165) is 24.8 Å². The van der Waals surface area contributed by atoms with E-state index in [1.807, 2.05) is 0 Å². The second-order valence-corrected chi connectivity index (χ2v) is 8.49. The molecular formula is C23H23N7O5. The lowest BCUT2D eigenvalue weighted by atomic mass is 9.93. The third-order valence-corrected chi connectivity index (χ3v) is 5.95. The van der Waals surface area contributed by atoms with E-state index in [1.54, 1.807) is 31.2 Å². The van der Waals surface area contributed by atoms with Crippen LogP contribution in [0.1, 0.15) is 52.7 Å². The van der Waals surface area contributed by atoms with Gasteiger partial charge in [-0.3, -0.25) is 19.4 Å². The number of nitrogens with one attached hydrogen (secondary N) is 4. The predicted octanol–water partition coefficient (Wildman–Crippen LogP) is 0.881. The minimum absolute atomic E-state index is 0.0209. The number of oxazole rings is 1. The Labute approximate surface area is 198 Å². The topological polar surface area (TPSA) is 163 Å². The molecule has 3 amide bonds. The number of rotatable bonds is 7. The lowest BCUT2D eigenvalue weighted by Crippen LogP contribution is -2.50.